The third kappa shape index (κ3) is 4.92. The minimum Gasteiger partial charge on any atom is -0.303 e. The summed E-state index contributed by atoms with van der Waals surface area (Å²) in [6.07, 6.45) is 20.9. The smallest absolute Gasteiger partial charge is 0.123 e. The average Bonchev–Trinajstić information content (AvgIpc) is 2.53. The SMILES string of the molecule is C=C[C@H]1CC[C@H](CC/C=C/C2CCC(C=O)CC2)CC1. The van der Waals surface area contributed by atoms with E-state index in [1.165, 1.54) is 51.4 Å². The highest BCUT2D eigenvalue weighted by atomic mass is 16.1. The molecule has 1 nitrogen and oxygen atoms in total. The van der Waals surface area contributed by atoms with Gasteiger partial charge in [0.15, 0.2) is 0 Å². The molecule has 2 rings (SSSR count). The highest BCUT2D eigenvalue weighted by molar-refractivity contribution is 5.53. The number of hydrogen-bond donors (Lipinski definition) is 0. The van der Waals surface area contributed by atoms with Gasteiger partial charge in [0, 0.05) is 5.92 Å². The molecular weight excluding hydrogens is 244 g/mol. The van der Waals surface area contributed by atoms with E-state index >= 15 is 0 Å². The molecule has 0 N–H and O–H groups in total. The first kappa shape index (κ1) is 15.5. The Morgan fingerprint density at radius 2 is 1.45 bits per heavy atom. The van der Waals surface area contributed by atoms with Crippen molar-refractivity contribution in [3.63, 3.8) is 0 Å². The summed E-state index contributed by atoms with van der Waals surface area (Å²) in [7, 11) is 0. The number of allylic oxidation sites excluding steroid dienone is 3. The van der Waals surface area contributed by atoms with Crippen LogP contribution in [0.25, 0.3) is 0 Å². The largest absolute Gasteiger partial charge is 0.303 e. The van der Waals surface area contributed by atoms with Crippen molar-refractivity contribution in [2.75, 3.05) is 0 Å². The third-order valence-corrected chi connectivity index (χ3v) is 5.38. The third-order valence-electron chi connectivity index (χ3n) is 5.38. The van der Waals surface area contributed by atoms with Crippen LogP contribution < -0.4 is 0 Å². The first-order valence-electron chi connectivity index (χ1n) is 8.56. The van der Waals surface area contributed by atoms with Crippen LogP contribution in [0.4, 0.5) is 0 Å². The zero-order chi connectivity index (χ0) is 14.2. The van der Waals surface area contributed by atoms with E-state index in [2.05, 4.69) is 24.8 Å². The quantitative estimate of drug-likeness (QED) is 0.473. The molecule has 0 atom stereocenters. The maximum absolute atomic E-state index is 10.7. The van der Waals surface area contributed by atoms with Crippen LogP contribution in [0.2, 0.25) is 0 Å². The van der Waals surface area contributed by atoms with Crippen LogP contribution in [0.1, 0.15) is 64.2 Å². The van der Waals surface area contributed by atoms with Gasteiger partial charge in [0.05, 0.1) is 0 Å². The van der Waals surface area contributed by atoms with Crippen LogP contribution >= 0.6 is 0 Å². The minimum atomic E-state index is 0.347. The molecule has 0 unspecified atom stereocenters. The topological polar surface area (TPSA) is 17.1 Å². The number of aldehydes is 1. The summed E-state index contributed by atoms with van der Waals surface area (Å²) in [6, 6.07) is 0. The predicted octanol–water partition coefficient (Wildman–Crippen LogP) is 5.32. The van der Waals surface area contributed by atoms with E-state index < -0.39 is 0 Å². The van der Waals surface area contributed by atoms with E-state index in [4.69, 9.17) is 0 Å². The normalized spacial score (nSPS) is 35.0. The Bertz CT molecular complexity index is 315. The second-order valence-electron chi connectivity index (χ2n) is 6.83. The second kappa shape index (κ2) is 8.44. The molecule has 0 heterocycles. The maximum atomic E-state index is 10.7. The van der Waals surface area contributed by atoms with Crippen molar-refractivity contribution >= 4 is 6.29 Å². The van der Waals surface area contributed by atoms with E-state index in [1.54, 1.807) is 0 Å². The predicted molar refractivity (Wildman–Crippen MR) is 85.5 cm³/mol. The summed E-state index contributed by atoms with van der Waals surface area (Å²) in [5.74, 6) is 2.82. The Balaban J connectivity index is 1.58. The molecule has 20 heavy (non-hydrogen) atoms. The second-order valence-corrected chi connectivity index (χ2v) is 6.83. The zero-order valence-electron chi connectivity index (χ0n) is 12.8. The lowest BCUT2D eigenvalue weighted by atomic mass is 9.80. The van der Waals surface area contributed by atoms with Crippen molar-refractivity contribution in [1.29, 1.82) is 0 Å². The van der Waals surface area contributed by atoms with Crippen LogP contribution in [-0.4, -0.2) is 6.29 Å². The Morgan fingerprint density at radius 3 is 2.05 bits per heavy atom. The first-order chi connectivity index (χ1) is 9.81. The molecule has 0 aromatic heterocycles. The van der Waals surface area contributed by atoms with Gasteiger partial charge >= 0.3 is 0 Å². The van der Waals surface area contributed by atoms with E-state index in [0.29, 0.717) is 5.92 Å². The highest BCUT2D eigenvalue weighted by Gasteiger charge is 2.19. The standard InChI is InChI=1S/C19H30O/c1-2-16-7-9-17(10-8-16)5-3-4-6-18-11-13-19(15-20)14-12-18/h2,4,6,15-19H,1,3,5,7-14H2/b6-4+/t16-,17-,18?,19?. The molecule has 0 aliphatic heterocycles. The highest BCUT2D eigenvalue weighted by Crippen LogP contribution is 2.32. The van der Waals surface area contributed by atoms with E-state index in [1.807, 2.05) is 0 Å². The van der Waals surface area contributed by atoms with Gasteiger partial charge in [-0.15, -0.1) is 6.58 Å². The van der Waals surface area contributed by atoms with Gasteiger partial charge in [-0.25, -0.2) is 0 Å². The molecule has 2 saturated carbocycles. The number of carbonyl (C=O) groups excluding carboxylic acids is 1. The lowest BCUT2D eigenvalue weighted by molar-refractivity contribution is -0.112. The monoisotopic (exact) mass is 274 g/mol. The summed E-state index contributed by atoms with van der Waals surface area (Å²) in [5, 5.41) is 0. The fourth-order valence-electron chi connectivity index (χ4n) is 3.81. The fraction of sp³-hybridized carbons (Fsp3) is 0.737. The first-order valence-corrected chi connectivity index (χ1v) is 8.56. The molecular formula is C19H30O. The number of hydrogen-bond acceptors (Lipinski definition) is 1. The number of carbonyl (C=O) groups is 1. The molecule has 0 radical (unpaired) electrons. The van der Waals surface area contributed by atoms with Crippen molar-refractivity contribution in [2.24, 2.45) is 23.7 Å². The molecule has 0 spiro atoms. The van der Waals surface area contributed by atoms with Crippen molar-refractivity contribution in [1.82, 2.24) is 0 Å². The average molecular weight is 274 g/mol. The van der Waals surface area contributed by atoms with Gasteiger partial charge < -0.3 is 4.79 Å². The van der Waals surface area contributed by atoms with E-state index in [0.717, 1.165) is 36.9 Å². The van der Waals surface area contributed by atoms with Crippen LogP contribution in [-0.2, 0) is 4.79 Å². The van der Waals surface area contributed by atoms with Crippen LogP contribution in [0.5, 0.6) is 0 Å². The van der Waals surface area contributed by atoms with Gasteiger partial charge in [0.1, 0.15) is 6.29 Å². The summed E-state index contributed by atoms with van der Waals surface area (Å²) >= 11 is 0. The summed E-state index contributed by atoms with van der Waals surface area (Å²) in [6.45, 7) is 3.92. The van der Waals surface area contributed by atoms with Gasteiger partial charge in [-0.1, -0.05) is 18.2 Å². The van der Waals surface area contributed by atoms with Crippen LogP contribution in [0, 0.1) is 23.7 Å². The Morgan fingerprint density at radius 1 is 0.850 bits per heavy atom. The van der Waals surface area contributed by atoms with Crippen molar-refractivity contribution in [3.8, 4) is 0 Å². The lowest BCUT2D eigenvalue weighted by Gasteiger charge is -2.26. The van der Waals surface area contributed by atoms with Gasteiger partial charge in [-0.3, -0.25) is 0 Å². The molecule has 0 saturated heterocycles. The molecule has 2 fully saturated rings. The maximum Gasteiger partial charge on any atom is 0.123 e. The summed E-state index contributed by atoms with van der Waals surface area (Å²) in [4.78, 5) is 10.7. The molecule has 0 bridgehead atoms. The van der Waals surface area contributed by atoms with Crippen LogP contribution in [0.3, 0.4) is 0 Å². The molecule has 2 aliphatic carbocycles. The molecule has 0 aromatic carbocycles. The van der Waals surface area contributed by atoms with Crippen molar-refractivity contribution in [3.05, 3.63) is 24.8 Å². The number of rotatable bonds is 6. The Kier molecular flexibility index (Phi) is 6.56. The van der Waals surface area contributed by atoms with E-state index in [9.17, 15) is 4.79 Å². The molecule has 0 aromatic rings. The molecule has 112 valence electrons. The van der Waals surface area contributed by atoms with E-state index in [-0.39, 0.29) is 0 Å². The van der Waals surface area contributed by atoms with Gasteiger partial charge in [-0.2, -0.15) is 0 Å². The van der Waals surface area contributed by atoms with Crippen molar-refractivity contribution < 1.29 is 4.79 Å². The Hall–Kier alpha value is -0.850. The minimum absolute atomic E-state index is 0.347. The zero-order valence-corrected chi connectivity index (χ0v) is 12.8. The van der Waals surface area contributed by atoms with Gasteiger partial charge in [0.25, 0.3) is 0 Å². The molecule has 0 amide bonds. The fourth-order valence-corrected chi connectivity index (χ4v) is 3.81. The molecule has 2 aliphatic rings. The lowest BCUT2D eigenvalue weighted by Crippen LogP contribution is -2.14. The van der Waals surface area contributed by atoms with Crippen molar-refractivity contribution in [2.45, 2.75) is 64.2 Å². The van der Waals surface area contributed by atoms with Crippen LogP contribution in [0.15, 0.2) is 24.8 Å². The Labute approximate surface area is 124 Å². The summed E-state index contributed by atoms with van der Waals surface area (Å²) < 4.78 is 0. The van der Waals surface area contributed by atoms with Gasteiger partial charge in [0.2, 0.25) is 0 Å². The molecule has 1 heteroatoms. The van der Waals surface area contributed by atoms with Gasteiger partial charge in [-0.05, 0) is 82.0 Å². The summed E-state index contributed by atoms with van der Waals surface area (Å²) in [5.41, 5.74) is 0.